The second-order valence-corrected chi connectivity index (χ2v) is 13.1. The molecule has 0 heterocycles. The minimum Gasteiger partial charge on any atom is -0.464 e. The van der Waals surface area contributed by atoms with Crippen LogP contribution in [0.1, 0.15) is 92.9 Å². The van der Waals surface area contributed by atoms with Gasteiger partial charge in [0.05, 0.1) is 25.4 Å². The van der Waals surface area contributed by atoms with Crippen molar-refractivity contribution in [1.29, 1.82) is 0 Å². The summed E-state index contributed by atoms with van der Waals surface area (Å²) in [7, 11) is 0. The second-order valence-electron chi connectivity index (χ2n) is 13.1. The smallest absolute Gasteiger partial charge is 0.332 e. The summed E-state index contributed by atoms with van der Waals surface area (Å²) < 4.78 is 23.3. The van der Waals surface area contributed by atoms with Gasteiger partial charge in [0.15, 0.2) is 0 Å². The van der Waals surface area contributed by atoms with E-state index in [9.17, 15) is 9.59 Å². The maximum Gasteiger partial charge on any atom is 0.332 e. The van der Waals surface area contributed by atoms with Crippen LogP contribution in [0, 0.1) is 72.0 Å². The standard InChI is InChI=1S/C34H54O6/c1-9-11-27(19-39-33(35)21-37-31-17-25(7)13-15-29(31)23(3)4)28(12-10-2)20-40-34(36)22-38-32-18-26(8)14-16-30(32)24(5)6/h1-2,23-32H,11-22H2,3-8H3/t25?,26?,27-,28-,29?,30?,31?,32?/m0/s1. The fraction of sp³-hybridized carbons (Fsp3) is 0.824. The third-order valence-electron chi connectivity index (χ3n) is 9.10. The lowest BCUT2D eigenvalue weighted by atomic mass is 9.75. The Morgan fingerprint density at radius 3 is 1.40 bits per heavy atom. The van der Waals surface area contributed by atoms with E-state index in [0.29, 0.717) is 48.3 Å². The molecule has 0 aromatic carbocycles. The molecule has 2 aliphatic carbocycles. The molecule has 2 rings (SSSR count). The van der Waals surface area contributed by atoms with Crippen LogP contribution in [0.3, 0.4) is 0 Å². The predicted molar refractivity (Wildman–Crippen MR) is 158 cm³/mol. The third kappa shape index (κ3) is 11.5. The quantitative estimate of drug-likeness (QED) is 0.173. The summed E-state index contributed by atoms with van der Waals surface area (Å²) in [6.45, 7) is 13.4. The largest absolute Gasteiger partial charge is 0.464 e. The van der Waals surface area contributed by atoms with Gasteiger partial charge in [-0.3, -0.25) is 0 Å². The van der Waals surface area contributed by atoms with Crippen molar-refractivity contribution in [2.75, 3.05) is 26.4 Å². The van der Waals surface area contributed by atoms with E-state index in [1.807, 2.05) is 0 Å². The van der Waals surface area contributed by atoms with Crippen LogP contribution in [0.4, 0.5) is 0 Å². The maximum atomic E-state index is 12.6. The molecule has 6 nitrogen and oxygen atoms in total. The number of hydrogen-bond acceptors (Lipinski definition) is 6. The second kappa shape index (κ2) is 17.7. The van der Waals surface area contributed by atoms with E-state index in [4.69, 9.17) is 31.8 Å². The summed E-state index contributed by atoms with van der Waals surface area (Å²) in [5.74, 6) is 7.17. The first-order chi connectivity index (χ1) is 19.0. The highest BCUT2D eigenvalue weighted by atomic mass is 16.6. The lowest BCUT2D eigenvalue weighted by Crippen LogP contribution is -2.36. The van der Waals surface area contributed by atoms with E-state index in [2.05, 4.69) is 53.4 Å². The number of hydrogen-bond donors (Lipinski definition) is 0. The molecule has 0 saturated heterocycles. The Morgan fingerprint density at radius 2 is 1.07 bits per heavy atom. The molecule has 0 aliphatic heterocycles. The van der Waals surface area contributed by atoms with Gasteiger partial charge in [-0.05, 0) is 61.2 Å². The number of rotatable bonds is 15. The summed E-state index contributed by atoms with van der Waals surface area (Å²) >= 11 is 0. The molecule has 226 valence electrons. The van der Waals surface area contributed by atoms with Crippen LogP contribution in [-0.4, -0.2) is 50.6 Å². The molecular weight excluding hydrogens is 504 g/mol. The Bertz CT molecular complexity index is 781. The Labute approximate surface area is 244 Å². The summed E-state index contributed by atoms with van der Waals surface area (Å²) in [5.41, 5.74) is 0. The van der Waals surface area contributed by atoms with Crippen LogP contribution < -0.4 is 0 Å². The Balaban J connectivity index is 1.84. The fourth-order valence-electron chi connectivity index (χ4n) is 6.47. The van der Waals surface area contributed by atoms with Crippen molar-refractivity contribution in [1.82, 2.24) is 0 Å². The van der Waals surface area contributed by atoms with Crippen molar-refractivity contribution in [3.8, 4) is 24.7 Å². The topological polar surface area (TPSA) is 71.1 Å². The van der Waals surface area contributed by atoms with Crippen molar-refractivity contribution in [3.63, 3.8) is 0 Å². The Morgan fingerprint density at radius 1 is 0.700 bits per heavy atom. The van der Waals surface area contributed by atoms with Crippen molar-refractivity contribution >= 4 is 11.9 Å². The first-order valence-corrected chi connectivity index (χ1v) is 15.5. The summed E-state index contributed by atoms with van der Waals surface area (Å²) in [6.07, 6.45) is 18.7. The third-order valence-corrected chi connectivity index (χ3v) is 9.10. The van der Waals surface area contributed by atoms with Crippen LogP contribution in [0.5, 0.6) is 0 Å². The molecule has 2 aliphatic rings. The molecule has 0 bridgehead atoms. The minimum absolute atomic E-state index is 0.0706. The highest BCUT2D eigenvalue weighted by Gasteiger charge is 2.33. The van der Waals surface area contributed by atoms with E-state index in [1.54, 1.807) is 0 Å². The highest BCUT2D eigenvalue weighted by molar-refractivity contribution is 5.71. The van der Waals surface area contributed by atoms with Gasteiger partial charge in [-0.25, -0.2) is 9.59 Å². The Hall–Kier alpha value is -2.02. The zero-order valence-corrected chi connectivity index (χ0v) is 25.9. The van der Waals surface area contributed by atoms with Crippen molar-refractivity contribution in [2.45, 2.75) is 105 Å². The summed E-state index contributed by atoms with van der Waals surface area (Å²) in [5, 5.41) is 0. The first-order valence-electron chi connectivity index (χ1n) is 15.5. The van der Waals surface area contributed by atoms with Gasteiger partial charge in [0.25, 0.3) is 0 Å². The minimum atomic E-state index is -0.408. The average molecular weight is 559 g/mol. The number of esters is 2. The van der Waals surface area contributed by atoms with E-state index < -0.39 is 11.9 Å². The molecule has 0 radical (unpaired) electrons. The molecule has 2 saturated carbocycles. The molecule has 0 N–H and O–H groups in total. The van der Waals surface area contributed by atoms with E-state index in [-0.39, 0.29) is 50.5 Å². The van der Waals surface area contributed by atoms with Gasteiger partial charge in [0.1, 0.15) is 13.2 Å². The van der Waals surface area contributed by atoms with E-state index >= 15 is 0 Å². The van der Waals surface area contributed by atoms with Crippen LogP contribution in [0.2, 0.25) is 0 Å². The van der Waals surface area contributed by atoms with Gasteiger partial charge < -0.3 is 18.9 Å². The predicted octanol–water partition coefficient (Wildman–Crippen LogP) is 6.31. The van der Waals surface area contributed by atoms with Crippen LogP contribution >= 0.6 is 0 Å². The molecule has 8 atom stereocenters. The first kappa shape index (κ1) is 34.2. The molecule has 0 amide bonds. The van der Waals surface area contributed by atoms with Gasteiger partial charge in [-0.15, -0.1) is 24.7 Å². The molecule has 40 heavy (non-hydrogen) atoms. The molecule has 0 aromatic heterocycles. The van der Waals surface area contributed by atoms with Crippen LogP contribution in [0.15, 0.2) is 0 Å². The van der Waals surface area contributed by atoms with E-state index in [0.717, 1.165) is 25.7 Å². The highest BCUT2D eigenvalue weighted by Crippen LogP contribution is 2.36. The molecule has 0 aromatic rings. The van der Waals surface area contributed by atoms with Crippen LogP contribution in [0.25, 0.3) is 0 Å². The number of terminal acetylenes is 2. The van der Waals surface area contributed by atoms with Gasteiger partial charge >= 0.3 is 11.9 Å². The van der Waals surface area contributed by atoms with E-state index in [1.165, 1.54) is 12.8 Å². The van der Waals surface area contributed by atoms with Gasteiger partial charge in [-0.2, -0.15) is 0 Å². The van der Waals surface area contributed by atoms with Gasteiger partial charge in [0.2, 0.25) is 0 Å². The normalized spacial score (nSPS) is 28.4. The SMILES string of the molecule is C#CC[C@@H](COC(=O)COC1CC(C)CCC1C(C)C)[C@@H](CC#C)COC(=O)COC1CC(C)CCC1C(C)C. The fourth-order valence-corrected chi connectivity index (χ4v) is 6.47. The van der Waals surface area contributed by atoms with Gasteiger partial charge in [-0.1, -0.05) is 54.4 Å². The zero-order valence-electron chi connectivity index (χ0n) is 25.9. The lowest BCUT2D eigenvalue weighted by molar-refractivity contribution is -0.159. The molecule has 6 unspecified atom stereocenters. The molecule has 6 heteroatoms. The Kier molecular flexibility index (Phi) is 15.1. The van der Waals surface area contributed by atoms with Gasteiger partial charge in [0, 0.05) is 24.7 Å². The summed E-state index contributed by atoms with van der Waals surface area (Å²) in [4.78, 5) is 25.2. The average Bonchev–Trinajstić information content (AvgIpc) is 2.90. The number of ether oxygens (including phenoxy) is 4. The number of carbonyl (C=O) groups excluding carboxylic acids is 2. The van der Waals surface area contributed by atoms with Crippen LogP contribution in [-0.2, 0) is 28.5 Å². The summed E-state index contributed by atoms with van der Waals surface area (Å²) in [6, 6.07) is 0. The van der Waals surface area contributed by atoms with Crippen molar-refractivity contribution < 1.29 is 28.5 Å². The zero-order chi connectivity index (χ0) is 29.7. The number of carbonyl (C=O) groups is 2. The monoisotopic (exact) mass is 558 g/mol. The molecule has 0 spiro atoms. The van der Waals surface area contributed by atoms with Crippen molar-refractivity contribution in [3.05, 3.63) is 0 Å². The lowest BCUT2D eigenvalue weighted by Gasteiger charge is -2.37. The maximum absolute atomic E-state index is 12.6. The molecule has 2 fully saturated rings. The molecular formula is C34H54O6. The van der Waals surface area contributed by atoms with Crippen molar-refractivity contribution in [2.24, 2.45) is 47.3 Å².